The number of methoxy groups -OCH3 is 3. The van der Waals surface area contributed by atoms with Crippen LogP contribution in [0.15, 0.2) is 47.7 Å². The molecule has 2 aliphatic rings. The van der Waals surface area contributed by atoms with E-state index in [-0.39, 0.29) is 17.2 Å². The Morgan fingerprint density at radius 3 is 2.20 bits per heavy atom. The molecule has 2 N–H and O–H groups in total. The first-order valence-corrected chi connectivity index (χ1v) is 10.1. The maximum absolute atomic E-state index is 13.4. The molecule has 158 valence electrons. The van der Waals surface area contributed by atoms with Crippen LogP contribution in [0.1, 0.15) is 38.3 Å². The van der Waals surface area contributed by atoms with Crippen LogP contribution in [0.2, 0.25) is 0 Å². The summed E-state index contributed by atoms with van der Waals surface area (Å²) in [6.07, 6.45) is 1.29. The molecule has 1 aliphatic carbocycles. The van der Waals surface area contributed by atoms with Gasteiger partial charge in [0.1, 0.15) is 5.75 Å². The zero-order chi connectivity index (χ0) is 21.5. The van der Waals surface area contributed by atoms with Crippen LogP contribution in [-0.4, -0.2) is 27.1 Å². The number of Topliss-reactive ketones (excluding diaryl/α,β-unsaturated/α-hetero) is 1. The van der Waals surface area contributed by atoms with Gasteiger partial charge in [0.15, 0.2) is 17.3 Å². The van der Waals surface area contributed by atoms with Crippen LogP contribution in [0.3, 0.4) is 0 Å². The normalized spacial score (nSPS) is 19.6. The number of nitrogens with one attached hydrogen (secondary N) is 2. The number of allylic oxidation sites excluding steroid dienone is 1. The largest absolute Gasteiger partial charge is 0.496 e. The van der Waals surface area contributed by atoms with Gasteiger partial charge in [-0.15, -0.1) is 0 Å². The van der Waals surface area contributed by atoms with Gasteiger partial charge in [-0.2, -0.15) is 0 Å². The highest BCUT2D eigenvalue weighted by atomic mass is 16.5. The highest BCUT2D eigenvalue weighted by Crippen LogP contribution is 2.48. The van der Waals surface area contributed by atoms with E-state index < -0.39 is 0 Å². The van der Waals surface area contributed by atoms with E-state index in [4.69, 9.17) is 14.2 Å². The van der Waals surface area contributed by atoms with Crippen LogP contribution >= 0.6 is 0 Å². The van der Waals surface area contributed by atoms with Crippen LogP contribution < -0.4 is 24.8 Å². The molecule has 0 unspecified atom stereocenters. The molecular weight excluding hydrogens is 380 g/mol. The van der Waals surface area contributed by atoms with Crippen molar-refractivity contribution in [2.45, 2.75) is 32.7 Å². The van der Waals surface area contributed by atoms with Crippen molar-refractivity contribution < 1.29 is 19.0 Å². The van der Waals surface area contributed by atoms with Gasteiger partial charge in [0, 0.05) is 29.3 Å². The Kier molecular flexibility index (Phi) is 5.10. The van der Waals surface area contributed by atoms with Crippen LogP contribution in [0.4, 0.5) is 11.4 Å². The fraction of sp³-hybridized carbons (Fsp3) is 0.375. The lowest BCUT2D eigenvalue weighted by molar-refractivity contribution is -0.118. The van der Waals surface area contributed by atoms with Crippen molar-refractivity contribution in [3.05, 3.63) is 53.2 Å². The quantitative estimate of drug-likeness (QED) is 0.747. The van der Waals surface area contributed by atoms with Crippen molar-refractivity contribution in [1.82, 2.24) is 0 Å². The molecule has 6 nitrogen and oxygen atoms in total. The predicted molar refractivity (Wildman–Crippen MR) is 118 cm³/mol. The van der Waals surface area contributed by atoms with Gasteiger partial charge in [0.25, 0.3) is 0 Å². The summed E-state index contributed by atoms with van der Waals surface area (Å²) in [4.78, 5) is 13.4. The van der Waals surface area contributed by atoms with Gasteiger partial charge in [-0.05, 0) is 30.0 Å². The Morgan fingerprint density at radius 2 is 1.53 bits per heavy atom. The van der Waals surface area contributed by atoms with Crippen molar-refractivity contribution >= 4 is 17.2 Å². The first kappa shape index (κ1) is 20.1. The van der Waals surface area contributed by atoms with Gasteiger partial charge in [-0.3, -0.25) is 4.79 Å². The Bertz CT molecular complexity index is 1030. The van der Waals surface area contributed by atoms with Gasteiger partial charge < -0.3 is 24.8 Å². The molecule has 30 heavy (non-hydrogen) atoms. The summed E-state index contributed by atoms with van der Waals surface area (Å²) in [5.74, 6) is 1.94. The van der Waals surface area contributed by atoms with Gasteiger partial charge in [0.2, 0.25) is 0 Å². The van der Waals surface area contributed by atoms with Gasteiger partial charge >= 0.3 is 0 Å². The van der Waals surface area contributed by atoms with E-state index in [1.165, 1.54) is 0 Å². The van der Waals surface area contributed by atoms with E-state index >= 15 is 0 Å². The fourth-order valence-electron chi connectivity index (χ4n) is 4.40. The predicted octanol–water partition coefficient (Wildman–Crippen LogP) is 4.93. The number of carbonyl (C=O) groups is 1. The first-order chi connectivity index (χ1) is 14.4. The molecule has 0 amide bonds. The maximum Gasteiger partial charge on any atom is 0.164 e. The van der Waals surface area contributed by atoms with Crippen LogP contribution in [-0.2, 0) is 4.79 Å². The van der Waals surface area contributed by atoms with Crippen molar-refractivity contribution in [3.8, 4) is 17.2 Å². The third-order valence-corrected chi connectivity index (χ3v) is 5.77. The Labute approximate surface area is 177 Å². The molecule has 4 rings (SSSR count). The first-order valence-electron chi connectivity index (χ1n) is 10.1. The zero-order valence-electron chi connectivity index (χ0n) is 18.1. The summed E-state index contributed by atoms with van der Waals surface area (Å²) in [6, 6.07) is 11.3. The number of hydrogen-bond acceptors (Lipinski definition) is 6. The number of benzene rings is 2. The monoisotopic (exact) mass is 408 g/mol. The van der Waals surface area contributed by atoms with Crippen molar-refractivity contribution in [2.24, 2.45) is 5.41 Å². The van der Waals surface area contributed by atoms with Gasteiger partial charge in [0.05, 0.1) is 38.7 Å². The second kappa shape index (κ2) is 7.59. The van der Waals surface area contributed by atoms with E-state index in [9.17, 15) is 4.79 Å². The van der Waals surface area contributed by atoms with Crippen LogP contribution in [0.5, 0.6) is 17.2 Å². The standard InChI is InChI=1S/C24H28N2O4/c1-24(2)12-17-22(18(27)13-24)23(26-16-9-7-6-8-15(16)25-17)14-10-20(29-4)21(30-5)11-19(14)28-3/h6-11,23,25-26H,12-13H2,1-5H3/t23-/m0/s1. The minimum absolute atomic E-state index is 0.103. The lowest BCUT2D eigenvalue weighted by Crippen LogP contribution is -2.31. The van der Waals surface area contributed by atoms with E-state index in [1.54, 1.807) is 27.4 Å². The maximum atomic E-state index is 13.4. The summed E-state index contributed by atoms with van der Waals surface area (Å²) >= 11 is 0. The van der Waals surface area contributed by atoms with Crippen LogP contribution in [0, 0.1) is 5.41 Å². The topological polar surface area (TPSA) is 68.8 Å². The summed E-state index contributed by atoms with van der Waals surface area (Å²) in [5, 5.41) is 7.11. The Hall–Kier alpha value is -3.15. The lowest BCUT2D eigenvalue weighted by atomic mass is 9.73. The molecule has 1 heterocycles. The number of anilines is 2. The van der Waals surface area contributed by atoms with Crippen molar-refractivity contribution in [3.63, 3.8) is 0 Å². The molecule has 2 aromatic carbocycles. The number of rotatable bonds is 4. The second-order valence-electron chi connectivity index (χ2n) is 8.53. The second-order valence-corrected chi connectivity index (χ2v) is 8.53. The van der Waals surface area contributed by atoms with E-state index in [2.05, 4.69) is 24.5 Å². The minimum atomic E-state index is -0.380. The highest BCUT2D eigenvalue weighted by Gasteiger charge is 2.39. The average Bonchev–Trinajstić information content (AvgIpc) is 2.88. The third-order valence-electron chi connectivity index (χ3n) is 5.77. The van der Waals surface area contributed by atoms with Gasteiger partial charge in [-0.1, -0.05) is 26.0 Å². The van der Waals surface area contributed by atoms with Crippen molar-refractivity contribution in [1.29, 1.82) is 0 Å². The molecule has 1 atom stereocenters. The lowest BCUT2D eigenvalue weighted by Gasteiger charge is -2.34. The molecule has 1 aliphatic heterocycles. The number of ether oxygens (including phenoxy) is 3. The average molecular weight is 408 g/mol. The number of ketones is 1. The molecule has 0 saturated heterocycles. The summed E-state index contributed by atoms with van der Waals surface area (Å²) < 4.78 is 16.7. The van der Waals surface area contributed by atoms with Crippen molar-refractivity contribution in [2.75, 3.05) is 32.0 Å². The number of hydrogen-bond donors (Lipinski definition) is 2. The van der Waals surface area contributed by atoms with E-state index in [1.807, 2.05) is 30.3 Å². The zero-order valence-corrected chi connectivity index (χ0v) is 18.1. The molecular formula is C24H28N2O4. The summed E-state index contributed by atoms with van der Waals surface area (Å²) in [7, 11) is 4.81. The summed E-state index contributed by atoms with van der Waals surface area (Å²) in [6.45, 7) is 4.26. The molecule has 0 aromatic heterocycles. The van der Waals surface area contributed by atoms with E-state index in [0.29, 0.717) is 23.7 Å². The third kappa shape index (κ3) is 3.47. The van der Waals surface area contributed by atoms with Gasteiger partial charge in [-0.25, -0.2) is 0 Å². The number of fused-ring (bicyclic) bond motifs is 1. The molecule has 0 spiro atoms. The molecule has 0 saturated carbocycles. The number of carbonyl (C=O) groups excluding carboxylic acids is 1. The Morgan fingerprint density at radius 1 is 0.900 bits per heavy atom. The fourth-order valence-corrected chi connectivity index (χ4v) is 4.40. The molecule has 0 bridgehead atoms. The molecule has 0 fully saturated rings. The van der Waals surface area contributed by atoms with Crippen LogP contribution in [0.25, 0.3) is 0 Å². The highest BCUT2D eigenvalue weighted by molar-refractivity contribution is 6.01. The Balaban J connectivity index is 1.94. The molecule has 6 heteroatoms. The number of para-hydroxylation sites is 2. The smallest absolute Gasteiger partial charge is 0.164 e. The minimum Gasteiger partial charge on any atom is -0.496 e. The molecule has 2 aromatic rings. The SMILES string of the molecule is COc1cc(OC)c([C@@H]2Nc3ccccc3NC3=C2C(=O)CC(C)(C)C3)cc1OC. The summed E-state index contributed by atoms with van der Waals surface area (Å²) in [5.41, 5.74) is 4.31. The van der Waals surface area contributed by atoms with E-state index in [0.717, 1.165) is 34.6 Å². The molecule has 0 radical (unpaired) electrons.